The van der Waals surface area contributed by atoms with Crippen LogP contribution in [0.15, 0.2) is 30.3 Å². The Hall–Kier alpha value is -1.99. The lowest BCUT2D eigenvalue weighted by Crippen LogP contribution is -2.36. The maximum atomic E-state index is 12.2. The molecule has 0 atom stereocenters. The molecule has 0 spiro atoms. The lowest BCUT2D eigenvalue weighted by atomic mass is 10.1. The summed E-state index contributed by atoms with van der Waals surface area (Å²) in [5, 5.41) is -1.96. The molecule has 1 aromatic carbocycles. The Bertz CT molecular complexity index is 616. The van der Waals surface area contributed by atoms with Crippen molar-refractivity contribution in [3.8, 4) is 0 Å². The number of sulfone groups is 1. The first-order valence-corrected chi connectivity index (χ1v) is 5.83. The van der Waals surface area contributed by atoms with Crippen molar-refractivity contribution in [2.75, 3.05) is 0 Å². The van der Waals surface area contributed by atoms with Crippen molar-refractivity contribution in [1.82, 2.24) is 0 Å². The molecule has 9 heteroatoms. The molecule has 0 radical (unpaired) electrons. The van der Waals surface area contributed by atoms with E-state index in [9.17, 15) is 26.4 Å². The van der Waals surface area contributed by atoms with Crippen LogP contribution in [0.2, 0.25) is 0 Å². The molecule has 0 fully saturated rings. The fourth-order valence-corrected chi connectivity index (χ4v) is 1.73. The van der Waals surface area contributed by atoms with Gasteiger partial charge in [0.25, 0.3) is 5.78 Å². The largest absolute Gasteiger partial charge is 0.509 e. The Labute approximate surface area is 99.4 Å². The van der Waals surface area contributed by atoms with Gasteiger partial charge in [-0.1, -0.05) is 30.3 Å². The highest BCUT2D eigenvalue weighted by molar-refractivity contribution is 8.08. The zero-order chi connectivity index (χ0) is 14.0. The van der Waals surface area contributed by atoms with Crippen LogP contribution in [0.25, 0.3) is 5.53 Å². The quantitative estimate of drug-likeness (QED) is 0.269. The summed E-state index contributed by atoms with van der Waals surface area (Å²) in [6.45, 7) is 0. The van der Waals surface area contributed by atoms with Gasteiger partial charge in [0.05, 0.1) is 0 Å². The van der Waals surface area contributed by atoms with Gasteiger partial charge in [-0.25, -0.2) is 8.42 Å². The van der Waals surface area contributed by atoms with Crippen LogP contribution < -0.4 is 0 Å². The molecule has 5 nitrogen and oxygen atoms in total. The second-order valence-corrected chi connectivity index (χ2v) is 4.91. The summed E-state index contributed by atoms with van der Waals surface area (Å²) in [6.07, 6.45) is 0. The van der Waals surface area contributed by atoms with Gasteiger partial charge in [0, 0.05) is 5.56 Å². The van der Waals surface area contributed by atoms with Crippen molar-refractivity contribution >= 4 is 20.7 Å². The van der Waals surface area contributed by atoms with Gasteiger partial charge in [0.15, 0.2) is 0 Å². The Morgan fingerprint density at radius 2 is 1.67 bits per heavy atom. The molecule has 0 aliphatic carbocycles. The van der Waals surface area contributed by atoms with Gasteiger partial charge in [-0.2, -0.15) is 13.2 Å². The highest BCUT2D eigenvalue weighted by atomic mass is 32.2. The summed E-state index contributed by atoms with van der Waals surface area (Å²) in [5.74, 6) is -1.53. The Balaban J connectivity index is 3.33. The number of carbonyl (C=O) groups excluding carboxylic acids is 1. The smallest absolute Gasteiger partial charge is 0.360 e. The van der Waals surface area contributed by atoms with Gasteiger partial charge < -0.3 is 5.53 Å². The number of rotatable bonds is 2. The Kier molecular flexibility index (Phi) is 3.68. The van der Waals surface area contributed by atoms with Gasteiger partial charge >= 0.3 is 20.4 Å². The van der Waals surface area contributed by atoms with E-state index in [1.165, 1.54) is 18.2 Å². The molecule has 0 saturated heterocycles. The molecule has 18 heavy (non-hydrogen) atoms. The highest BCUT2D eigenvalue weighted by Crippen LogP contribution is 2.25. The second kappa shape index (κ2) is 4.71. The van der Waals surface area contributed by atoms with Gasteiger partial charge in [-0.3, -0.25) is 4.79 Å². The number of benzene rings is 1. The van der Waals surface area contributed by atoms with E-state index in [0.29, 0.717) is 0 Å². The van der Waals surface area contributed by atoms with Crippen molar-refractivity contribution < 1.29 is 31.2 Å². The van der Waals surface area contributed by atoms with Crippen molar-refractivity contribution in [3.63, 3.8) is 0 Å². The molecular formula is C9H5F3N2O3S. The van der Waals surface area contributed by atoms with Crippen LogP contribution in [-0.4, -0.2) is 29.5 Å². The van der Waals surface area contributed by atoms with E-state index in [1.54, 1.807) is 0 Å². The molecule has 0 aliphatic rings. The van der Waals surface area contributed by atoms with Gasteiger partial charge in [0.1, 0.15) is 0 Å². The van der Waals surface area contributed by atoms with Crippen molar-refractivity contribution in [2.45, 2.75) is 5.51 Å². The molecule has 1 aromatic rings. The lowest BCUT2D eigenvalue weighted by molar-refractivity contribution is -0.0453. The molecule has 0 aromatic heterocycles. The normalized spacial score (nSPS) is 11.7. The summed E-state index contributed by atoms with van der Waals surface area (Å²) in [5.41, 5.74) is 2.30. The molecule has 0 saturated carbocycles. The fourth-order valence-electron chi connectivity index (χ4n) is 1.04. The van der Waals surface area contributed by atoms with E-state index in [-0.39, 0.29) is 5.56 Å². The first kappa shape index (κ1) is 14.1. The van der Waals surface area contributed by atoms with Crippen LogP contribution in [0.1, 0.15) is 10.4 Å². The van der Waals surface area contributed by atoms with Crippen molar-refractivity contribution in [2.24, 2.45) is 0 Å². The summed E-state index contributed by atoms with van der Waals surface area (Å²) >= 11 is 0. The summed E-state index contributed by atoms with van der Waals surface area (Å²) < 4.78 is 58.6. The minimum absolute atomic E-state index is 0.335. The first-order chi connectivity index (χ1) is 8.21. The lowest BCUT2D eigenvalue weighted by Gasteiger charge is -2.03. The number of hydrogen-bond donors (Lipinski definition) is 0. The van der Waals surface area contributed by atoms with Crippen LogP contribution in [0.5, 0.6) is 0 Å². The van der Waals surface area contributed by atoms with Crippen molar-refractivity contribution in [1.29, 1.82) is 0 Å². The number of nitrogens with zero attached hydrogens (tertiary/aromatic N) is 2. The predicted molar refractivity (Wildman–Crippen MR) is 54.4 cm³/mol. The van der Waals surface area contributed by atoms with Crippen LogP contribution in [0, 0.1) is 0 Å². The minimum atomic E-state index is -5.99. The molecule has 1 rings (SSSR count). The zero-order valence-corrected chi connectivity index (χ0v) is 9.36. The SMILES string of the molecule is [N-]=[N+]=C(C(=O)c1ccccc1)S(=O)(=O)C(F)(F)F. The molecule has 0 amide bonds. The first-order valence-electron chi connectivity index (χ1n) is 4.35. The zero-order valence-electron chi connectivity index (χ0n) is 8.55. The third kappa shape index (κ3) is 2.47. The van der Waals surface area contributed by atoms with E-state index >= 15 is 0 Å². The van der Waals surface area contributed by atoms with Gasteiger partial charge in [-0.15, -0.1) is 4.79 Å². The molecular weight excluding hydrogens is 273 g/mol. The maximum absolute atomic E-state index is 12.2. The minimum Gasteiger partial charge on any atom is -0.360 e. The van der Waals surface area contributed by atoms with Crippen LogP contribution >= 0.6 is 0 Å². The summed E-state index contributed by atoms with van der Waals surface area (Å²) in [4.78, 5) is 13.5. The monoisotopic (exact) mass is 278 g/mol. The third-order valence-electron chi connectivity index (χ3n) is 1.88. The molecule has 0 aliphatic heterocycles. The molecule has 0 N–H and O–H groups in total. The molecule has 0 heterocycles. The van der Waals surface area contributed by atoms with E-state index < -0.39 is 26.2 Å². The fraction of sp³-hybridized carbons (Fsp3) is 0.111. The highest BCUT2D eigenvalue weighted by Gasteiger charge is 2.57. The average Bonchev–Trinajstić information content (AvgIpc) is 2.29. The van der Waals surface area contributed by atoms with E-state index in [1.807, 2.05) is 4.79 Å². The van der Waals surface area contributed by atoms with E-state index in [4.69, 9.17) is 5.53 Å². The summed E-state index contributed by atoms with van der Waals surface area (Å²) in [6, 6.07) is 6.31. The average molecular weight is 278 g/mol. The van der Waals surface area contributed by atoms with Crippen LogP contribution in [0.3, 0.4) is 0 Å². The second-order valence-electron chi connectivity index (χ2n) is 3.05. The Morgan fingerprint density at radius 3 is 2.06 bits per heavy atom. The molecule has 96 valence electrons. The van der Waals surface area contributed by atoms with Gasteiger partial charge in [0.2, 0.25) is 0 Å². The maximum Gasteiger partial charge on any atom is 0.509 e. The third-order valence-corrected chi connectivity index (χ3v) is 3.27. The standard InChI is InChI=1S/C9H5F3N2O3S/c10-9(11,12)18(16,17)8(14-13)7(15)6-4-2-1-3-5-6/h1-5H. The number of Topliss-reactive ketones (excluding diaryl/α,β-unsaturated/α-hetero) is 1. The topological polar surface area (TPSA) is 87.6 Å². The number of hydrogen-bond acceptors (Lipinski definition) is 3. The number of alkyl halides is 3. The van der Waals surface area contributed by atoms with E-state index in [0.717, 1.165) is 12.1 Å². The Morgan fingerprint density at radius 1 is 1.17 bits per heavy atom. The predicted octanol–water partition coefficient (Wildman–Crippen LogP) is 1.43. The summed E-state index contributed by atoms with van der Waals surface area (Å²) in [7, 11) is -5.99. The molecule has 0 unspecified atom stereocenters. The van der Waals surface area contributed by atoms with Crippen LogP contribution in [0.4, 0.5) is 13.2 Å². The number of carbonyl (C=O) groups is 1. The molecule has 0 bridgehead atoms. The van der Waals surface area contributed by atoms with Gasteiger partial charge in [-0.05, 0) is 0 Å². The number of ketones is 1. The van der Waals surface area contributed by atoms with Crippen molar-refractivity contribution in [3.05, 3.63) is 41.4 Å². The number of halogens is 3. The van der Waals surface area contributed by atoms with Crippen LogP contribution in [-0.2, 0) is 9.84 Å². The van der Waals surface area contributed by atoms with E-state index in [2.05, 4.69) is 0 Å².